The lowest BCUT2D eigenvalue weighted by atomic mass is 10.2. The second kappa shape index (κ2) is 9.09. The van der Waals surface area contributed by atoms with Crippen molar-refractivity contribution in [2.45, 2.75) is 19.4 Å². The summed E-state index contributed by atoms with van der Waals surface area (Å²) in [5.74, 6) is 0. The maximum atomic E-state index is 9.12. The topological polar surface area (TPSA) is 38.7 Å². The summed E-state index contributed by atoms with van der Waals surface area (Å²) in [6.07, 6.45) is 1.16. The summed E-state index contributed by atoms with van der Waals surface area (Å²) in [6, 6.07) is 0.193. The predicted octanol–water partition coefficient (Wildman–Crippen LogP) is -0.160. The van der Waals surface area contributed by atoms with E-state index in [0.717, 1.165) is 32.6 Å². The molecule has 15 heavy (non-hydrogen) atoms. The largest absolute Gasteiger partial charge is 0.395 e. The highest BCUT2D eigenvalue weighted by Gasteiger charge is 2.10. The van der Waals surface area contributed by atoms with Crippen molar-refractivity contribution in [3.05, 3.63) is 0 Å². The van der Waals surface area contributed by atoms with E-state index in [1.807, 2.05) is 7.05 Å². The Morgan fingerprint density at radius 2 is 1.87 bits per heavy atom. The molecular formula is C11H27N3O. The van der Waals surface area contributed by atoms with Crippen LogP contribution in [0, 0.1) is 0 Å². The number of hydrogen-bond donors (Lipinski definition) is 2. The quantitative estimate of drug-likeness (QED) is 0.563. The third kappa shape index (κ3) is 7.73. The number of nitrogens with zero attached hydrogens (tertiary/aromatic N) is 2. The van der Waals surface area contributed by atoms with Crippen LogP contribution in [-0.4, -0.2) is 74.9 Å². The van der Waals surface area contributed by atoms with Crippen molar-refractivity contribution >= 4 is 0 Å². The van der Waals surface area contributed by atoms with Gasteiger partial charge in [-0.3, -0.25) is 0 Å². The zero-order valence-corrected chi connectivity index (χ0v) is 10.7. The number of rotatable bonds is 9. The molecule has 0 amide bonds. The Balaban J connectivity index is 3.90. The minimum Gasteiger partial charge on any atom is -0.395 e. The molecule has 0 saturated heterocycles. The number of likely N-dealkylation sites (N-methyl/N-ethyl adjacent to an activating group) is 2. The number of nitrogens with one attached hydrogen (secondary N) is 1. The molecule has 4 heteroatoms. The first-order valence-corrected chi connectivity index (χ1v) is 5.79. The summed E-state index contributed by atoms with van der Waals surface area (Å²) >= 11 is 0. The molecule has 0 aliphatic rings. The first-order valence-electron chi connectivity index (χ1n) is 5.79. The van der Waals surface area contributed by atoms with Crippen molar-refractivity contribution in [1.82, 2.24) is 15.1 Å². The monoisotopic (exact) mass is 217 g/mol. The Morgan fingerprint density at radius 3 is 2.27 bits per heavy atom. The van der Waals surface area contributed by atoms with E-state index in [2.05, 4.69) is 36.1 Å². The summed E-state index contributed by atoms with van der Waals surface area (Å²) in [5.41, 5.74) is 0. The maximum absolute atomic E-state index is 9.12. The van der Waals surface area contributed by atoms with Gasteiger partial charge in [0, 0.05) is 25.7 Å². The Bertz CT molecular complexity index is 138. The standard InChI is InChI=1S/C11H27N3O/c1-5-6-14(8-7-13(3)4)9-11(10-15)12-2/h11-12,15H,5-10H2,1-4H3. The fraction of sp³-hybridized carbons (Fsp3) is 1.00. The summed E-state index contributed by atoms with van der Waals surface area (Å²) in [5, 5.41) is 12.2. The van der Waals surface area contributed by atoms with E-state index in [1.165, 1.54) is 0 Å². The molecule has 4 nitrogen and oxygen atoms in total. The molecule has 0 heterocycles. The van der Waals surface area contributed by atoms with E-state index in [0.29, 0.717) is 0 Å². The van der Waals surface area contributed by atoms with E-state index in [4.69, 9.17) is 5.11 Å². The highest BCUT2D eigenvalue weighted by atomic mass is 16.3. The molecule has 1 unspecified atom stereocenters. The SMILES string of the molecule is CCCN(CCN(C)C)CC(CO)NC. The second-order valence-corrected chi connectivity index (χ2v) is 4.27. The highest BCUT2D eigenvalue weighted by molar-refractivity contribution is 4.70. The van der Waals surface area contributed by atoms with Crippen molar-refractivity contribution in [3.8, 4) is 0 Å². The molecule has 0 fully saturated rings. The summed E-state index contributed by atoms with van der Waals surface area (Å²) < 4.78 is 0. The lowest BCUT2D eigenvalue weighted by molar-refractivity contribution is 0.176. The second-order valence-electron chi connectivity index (χ2n) is 4.27. The van der Waals surface area contributed by atoms with E-state index in [-0.39, 0.29) is 12.6 Å². The fourth-order valence-corrected chi connectivity index (χ4v) is 1.50. The van der Waals surface area contributed by atoms with Crippen molar-refractivity contribution in [1.29, 1.82) is 0 Å². The van der Waals surface area contributed by atoms with Gasteiger partial charge in [-0.25, -0.2) is 0 Å². The minimum absolute atomic E-state index is 0.193. The van der Waals surface area contributed by atoms with Crippen LogP contribution in [0.5, 0.6) is 0 Å². The Kier molecular flexibility index (Phi) is 9.00. The Hall–Kier alpha value is -0.160. The van der Waals surface area contributed by atoms with Crippen LogP contribution in [0.1, 0.15) is 13.3 Å². The van der Waals surface area contributed by atoms with Gasteiger partial charge in [-0.1, -0.05) is 6.92 Å². The van der Waals surface area contributed by atoms with E-state index in [1.54, 1.807) is 0 Å². The molecule has 1 atom stereocenters. The molecule has 2 N–H and O–H groups in total. The van der Waals surface area contributed by atoms with Gasteiger partial charge in [0.05, 0.1) is 6.61 Å². The van der Waals surface area contributed by atoms with Crippen LogP contribution in [0.25, 0.3) is 0 Å². The van der Waals surface area contributed by atoms with Gasteiger partial charge in [0.25, 0.3) is 0 Å². The van der Waals surface area contributed by atoms with Crippen molar-refractivity contribution in [2.75, 3.05) is 53.9 Å². The molecule has 0 aromatic carbocycles. The number of aliphatic hydroxyl groups excluding tert-OH is 1. The van der Waals surface area contributed by atoms with Gasteiger partial charge in [0.2, 0.25) is 0 Å². The van der Waals surface area contributed by atoms with Crippen LogP contribution in [0.2, 0.25) is 0 Å². The average molecular weight is 217 g/mol. The summed E-state index contributed by atoms with van der Waals surface area (Å²) in [6.45, 7) is 6.57. The lowest BCUT2D eigenvalue weighted by Gasteiger charge is -2.27. The van der Waals surface area contributed by atoms with Crippen LogP contribution in [0.3, 0.4) is 0 Å². The zero-order valence-electron chi connectivity index (χ0n) is 10.7. The molecule has 0 spiro atoms. The van der Waals surface area contributed by atoms with E-state index < -0.39 is 0 Å². The van der Waals surface area contributed by atoms with Gasteiger partial charge >= 0.3 is 0 Å². The molecular weight excluding hydrogens is 190 g/mol. The van der Waals surface area contributed by atoms with Gasteiger partial charge in [-0.2, -0.15) is 0 Å². The van der Waals surface area contributed by atoms with Crippen molar-refractivity contribution < 1.29 is 5.11 Å². The first-order chi connectivity index (χ1) is 7.13. The number of hydrogen-bond acceptors (Lipinski definition) is 4. The molecule has 0 radical (unpaired) electrons. The molecule has 0 aliphatic carbocycles. The molecule has 0 bridgehead atoms. The third-order valence-electron chi connectivity index (χ3n) is 2.51. The normalized spacial score (nSPS) is 13.8. The van der Waals surface area contributed by atoms with Crippen LogP contribution in [-0.2, 0) is 0 Å². The minimum atomic E-state index is 0.193. The summed E-state index contributed by atoms with van der Waals surface area (Å²) in [7, 11) is 6.08. The van der Waals surface area contributed by atoms with Crippen LogP contribution in [0.15, 0.2) is 0 Å². The van der Waals surface area contributed by atoms with Gasteiger partial charge < -0.3 is 20.2 Å². The molecule has 0 saturated carbocycles. The van der Waals surface area contributed by atoms with Gasteiger partial charge in [-0.05, 0) is 34.1 Å². The predicted molar refractivity (Wildman–Crippen MR) is 65.2 cm³/mol. The molecule has 0 aromatic rings. The van der Waals surface area contributed by atoms with Gasteiger partial charge in [0.1, 0.15) is 0 Å². The third-order valence-corrected chi connectivity index (χ3v) is 2.51. The first kappa shape index (κ1) is 14.8. The molecule has 0 aromatic heterocycles. The lowest BCUT2D eigenvalue weighted by Crippen LogP contribution is -2.44. The molecule has 0 rings (SSSR count). The Labute approximate surface area is 94.3 Å². The van der Waals surface area contributed by atoms with E-state index >= 15 is 0 Å². The number of aliphatic hydroxyl groups is 1. The maximum Gasteiger partial charge on any atom is 0.0597 e. The molecule has 92 valence electrons. The van der Waals surface area contributed by atoms with Crippen LogP contribution >= 0.6 is 0 Å². The average Bonchev–Trinajstić information content (AvgIpc) is 2.22. The van der Waals surface area contributed by atoms with E-state index in [9.17, 15) is 0 Å². The van der Waals surface area contributed by atoms with Crippen molar-refractivity contribution in [3.63, 3.8) is 0 Å². The van der Waals surface area contributed by atoms with Crippen molar-refractivity contribution in [2.24, 2.45) is 0 Å². The fourth-order valence-electron chi connectivity index (χ4n) is 1.50. The summed E-state index contributed by atoms with van der Waals surface area (Å²) in [4.78, 5) is 4.59. The van der Waals surface area contributed by atoms with Crippen LogP contribution in [0.4, 0.5) is 0 Å². The Morgan fingerprint density at radius 1 is 1.20 bits per heavy atom. The highest BCUT2D eigenvalue weighted by Crippen LogP contribution is 1.95. The van der Waals surface area contributed by atoms with Crippen LogP contribution < -0.4 is 5.32 Å². The van der Waals surface area contributed by atoms with Gasteiger partial charge in [-0.15, -0.1) is 0 Å². The van der Waals surface area contributed by atoms with Gasteiger partial charge in [0.15, 0.2) is 0 Å². The zero-order chi connectivity index (χ0) is 11.7. The smallest absolute Gasteiger partial charge is 0.0597 e. The molecule has 0 aliphatic heterocycles.